The molecule has 0 bridgehead atoms. The maximum absolute atomic E-state index is 12.7. The van der Waals surface area contributed by atoms with Crippen LogP contribution >= 0.6 is 11.6 Å². The molecule has 0 radical (unpaired) electrons. The van der Waals surface area contributed by atoms with Gasteiger partial charge in [0.2, 0.25) is 11.0 Å². The van der Waals surface area contributed by atoms with Gasteiger partial charge in [-0.05, 0) is 18.2 Å². The third-order valence-electron chi connectivity index (χ3n) is 5.21. The molecule has 0 saturated carbocycles. The Morgan fingerprint density at radius 3 is 2.75 bits per heavy atom. The number of piperidine rings is 1. The second-order valence-corrected chi connectivity index (χ2v) is 7.19. The molecule has 1 fully saturated rings. The molecule has 2 aliphatic rings. The largest absolute Gasteiger partial charge is 0.497 e. The normalized spacial score (nSPS) is 17.8. The predicted molar refractivity (Wildman–Crippen MR) is 100 cm³/mol. The van der Waals surface area contributed by atoms with Gasteiger partial charge in [0.1, 0.15) is 23.4 Å². The van der Waals surface area contributed by atoms with E-state index in [-0.39, 0.29) is 28.9 Å². The fraction of sp³-hybridized carbons (Fsp3) is 0.389. The molecule has 9 nitrogen and oxygen atoms in total. The number of carbonyl (C=O) groups excluding carboxylic acids is 1. The SMILES string of the molecule is COc1ccc2c(c1)C(=O)CC1(CCN(c3ncnc(Cl)c3[N+](=O)[O-])CC1)O2. The molecule has 2 aromatic rings. The summed E-state index contributed by atoms with van der Waals surface area (Å²) in [5, 5.41) is 11.2. The Kier molecular flexibility index (Phi) is 4.54. The van der Waals surface area contributed by atoms with Crippen molar-refractivity contribution in [1.29, 1.82) is 0 Å². The number of Topliss-reactive ketones (excluding diaryl/α,β-unsaturated/α-hetero) is 1. The van der Waals surface area contributed by atoms with Crippen molar-refractivity contribution in [3.05, 3.63) is 45.4 Å². The number of hydrogen-bond donors (Lipinski definition) is 0. The van der Waals surface area contributed by atoms with Crippen molar-refractivity contribution < 1.29 is 19.2 Å². The number of ether oxygens (including phenoxy) is 2. The average Bonchev–Trinajstić information content (AvgIpc) is 2.68. The zero-order chi connectivity index (χ0) is 19.9. The van der Waals surface area contributed by atoms with Gasteiger partial charge in [-0.1, -0.05) is 11.6 Å². The van der Waals surface area contributed by atoms with Crippen LogP contribution in [0.3, 0.4) is 0 Å². The fourth-order valence-corrected chi connectivity index (χ4v) is 3.94. The molecule has 0 amide bonds. The van der Waals surface area contributed by atoms with Crippen LogP contribution in [0.5, 0.6) is 11.5 Å². The number of aromatic nitrogens is 2. The molecule has 1 saturated heterocycles. The van der Waals surface area contributed by atoms with Crippen molar-refractivity contribution in [3.63, 3.8) is 0 Å². The molecule has 2 aliphatic heterocycles. The molecule has 1 aromatic heterocycles. The van der Waals surface area contributed by atoms with Crippen LogP contribution in [0.15, 0.2) is 24.5 Å². The Balaban J connectivity index is 1.56. The number of methoxy groups -OCH3 is 1. The Morgan fingerprint density at radius 1 is 1.32 bits per heavy atom. The predicted octanol–water partition coefficient (Wildman–Crippen LogP) is 3.05. The topological polar surface area (TPSA) is 108 Å². The number of nitro groups is 1. The summed E-state index contributed by atoms with van der Waals surface area (Å²) in [5.74, 6) is 1.34. The van der Waals surface area contributed by atoms with E-state index in [0.717, 1.165) is 0 Å². The number of carbonyl (C=O) groups is 1. The lowest BCUT2D eigenvalue weighted by Crippen LogP contribution is -2.51. The van der Waals surface area contributed by atoms with Crippen molar-refractivity contribution in [2.75, 3.05) is 25.1 Å². The van der Waals surface area contributed by atoms with Gasteiger partial charge in [0.25, 0.3) is 0 Å². The van der Waals surface area contributed by atoms with Gasteiger partial charge in [-0.25, -0.2) is 9.97 Å². The summed E-state index contributed by atoms with van der Waals surface area (Å²) in [6, 6.07) is 5.19. The average molecular weight is 405 g/mol. The highest BCUT2D eigenvalue weighted by atomic mass is 35.5. The minimum atomic E-state index is -0.624. The number of anilines is 1. The third-order valence-corrected chi connectivity index (χ3v) is 5.49. The van der Waals surface area contributed by atoms with Crippen LogP contribution in [-0.2, 0) is 0 Å². The Bertz CT molecular complexity index is 959. The molecular weight excluding hydrogens is 388 g/mol. The maximum Gasteiger partial charge on any atom is 0.348 e. The second kappa shape index (κ2) is 6.90. The Hall–Kier alpha value is -2.94. The molecule has 10 heteroatoms. The van der Waals surface area contributed by atoms with Gasteiger partial charge < -0.3 is 14.4 Å². The summed E-state index contributed by atoms with van der Waals surface area (Å²) in [5.41, 5.74) is -0.412. The highest BCUT2D eigenvalue weighted by molar-refractivity contribution is 6.31. The molecule has 146 valence electrons. The van der Waals surface area contributed by atoms with E-state index in [9.17, 15) is 14.9 Å². The minimum Gasteiger partial charge on any atom is -0.497 e. The van der Waals surface area contributed by atoms with Crippen LogP contribution < -0.4 is 14.4 Å². The number of benzene rings is 1. The molecular formula is C18H17ClN4O5. The minimum absolute atomic E-state index is 0.00432. The monoisotopic (exact) mass is 404 g/mol. The molecule has 0 aliphatic carbocycles. The fourth-order valence-electron chi connectivity index (χ4n) is 3.74. The maximum atomic E-state index is 12.7. The molecule has 3 heterocycles. The van der Waals surface area contributed by atoms with Gasteiger partial charge in [-0.15, -0.1) is 0 Å². The van der Waals surface area contributed by atoms with Crippen LogP contribution in [0, 0.1) is 10.1 Å². The van der Waals surface area contributed by atoms with Crippen LogP contribution in [0.2, 0.25) is 5.15 Å². The van der Waals surface area contributed by atoms with Crippen molar-refractivity contribution in [2.45, 2.75) is 24.9 Å². The first kappa shape index (κ1) is 18.4. The number of nitrogens with zero attached hydrogens (tertiary/aromatic N) is 4. The van der Waals surface area contributed by atoms with Crippen LogP contribution in [-0.4, -0.2) is 46.5 Å². The standard InChI is InChI=1S/C18H17ClN4O5/c1-27-11-2-3-14-12(8-11)13(24)9-18(28-14)4-6-22(7-5-18)17-15(23(25)26)16(19)20-10-21-17/h2-3,8,10H,4-7,9H2,1H3. The van der Waals surface area contributed by atoms with Crippen LogP contribution in [0.1, 0.15) is 29.6 Å². The molecule has 1 aromatic carbocycles. The van der Waals surface area contributed by atoms with E-state index in [0.29, 0.717) is 43.0 Å². The van der Waals surface area contributed by atoms with E-state index in [4.69, 9.17) is 21.1 Å². The third kappa shape index (κ3) is 3.11. The Labute approximate surface area is 165 Å². The lowest BCUT2D eigenvalue weighted by atomic mass is 9.82. The van der Waals surface area contributed by atoms with E-state index in [1.807, 2.05) is 0 Å². The summed E-state index contributed by atoms with van der Waals surface area (Å²) in [7, 11) is 1.55. The van der Waals surface area contributed by atoms with E-state index in [2.05, 4.69) is 9.97 Å². The molecule has 28 heavy (non-hydrogen) atoms. The number of rotatable bonds is 3. The van der Waals surface area contributed by atoms with Gasteiger partial charge in [-0.2, -0.15) is 0 Å². The summed E-state index contributed by atoms with van der Waals surface area (Å²) >= 11 is 5.89. The lowest BCUT2D eigenvalue weighted by Gasteiger charge is -2.44. The number of fused-ring (bicyclic) bond motifs is 1. The zero-order valence-corrected chi connectivity index (χ0v) is 15.8. The van der Waals surface area contributed by atoms with E-state index in [1.165, 1.54) is 6.33 Å². The van der Waals surface area contributed by atoms with E-state index in [1.54, 1.807) is 30.2 Å². The van der Waals surface area contributed by atoms with Crippen molar-refractivity contribution >= 4 is 28.9 Å². The van der Waals surface area contributed by atoms with Gasteiger partial charge in [0, 0.05) is 25.9 Å². The molecule has 0 atom stereocenters. The molecule has 0 N–H and O–H groups in total. The van der Waals surface area contributed by atoms with Gasteiger partial charge in [0.15, 0.2) is 5.78 Å². The second-order valence-electron chi connectivity index (χ2n) is 6.83. The van der Waals surface area contributed by atoms with Crippen LogP contribution in [0.4, 0.5) is 11.5 Å². The molecule has 4 rings (SSSR count). The zero-order valence-electron chi connectivity index (χ0n) is 15.1. The number of ketones is 1. The lowest BCUT2D eigenvalue weighted by molar-refractivity contribution is -0.384. The first-order valence-corrected chi connectivity index (χ1v) is 9.10. The van der Waals surface area contributed by atoms with Gasteiger partial charge in [-0.3, -0.25) is 14.9 Å². The van der Waals surface area contributed by atoms with Crippen molar-refractivity contribution in [1.82, 2.24) is 9.97 Å². The summed E-state index contributed by atoms with van der Waals surface area (Å²) in [6.07, 6.45) is 2.53. The first-order chi connectivity index (χ1) is 13.4. The summed E-state index contributed by atoms with van der Waals surface area (Å²) in [4.78, 5) is 33.0. The smallest absolute Gasteiger partial charge is 0.348 e. The summed E-state index contributed by atoms with van der Waals surface area (Å²) in [6.45, 7) is 0.903. The van der Waals surface area contributed by atoms with Gasteiger partial charge >= 0.3 is 5.69 Å². The highest BCUT2D eigenvalue weighted by Crippen LogP contribution is 2.42. The van der Waals surface area contributed by atoms with E-state index < -0.39 is 10.5 Å². The number of hydrogen-bond acceptors (Lipinski definition) is 8. The summed E-state index contributed by atoms with van der Waals surface area (Å²) < 4.78 is 11.4. The molecule has 1 spiro atoms. The van der Waals surface area contributed by atoms with Crippen molar-refractivity contribution in [2.24, 2.45) is 0 Å². The Morgan fingerprint density at radius 2 is 2.07 bits per heavy atom. The quantitative estimate of drug-likeness (QED) is 0.436. The first-order valence-electron chi connectivity index (χ1n) is 8.72. The van der Waals surface area contributed by atoms with Crippen LogP contribution in [0.25, 0.3) is 0 Å². The van der Waals surface area contributed by atoms with Crippen molar-refractivity contribution in [3.8, 4) is 11.5 Å². The van der Waals surface area contributed by atoms with Gasteiger partial charge in [0.05, 0.1) is 24.0 Å². The number of halogens is 1. The highest BCUT2D eigenvalue weighted by Gasteiger charge is 2.44. The van der Waals surface area contributed by atoms with E-state index >= 15 is 0 Å². The molecule has 0 unspecified atom stereocenters.